The molecule has 3 N–H and O–H groups in total. The van der Waals surface area contributed by atoms with Crippen LogP contribution in [0.15, 0.2) is 70.0 Å². The number of rotatable bonds is 4. The van der Waals surface area contributed by atoms with Gasteiger partial charge in [0.15, 0.2) is 5.76 Å². The minimum Gasteiger partial charge on any atom is -0.464 e. The van der Waals surface area contributed by atoms with E-state index in [4.69, 9.17) is 14.6 Å². The predicted octanol–water partition coefficient (Wildman–Crippen LogP) is 4.29. The molecule has 124 valence electrons. The maximum atomic E-state index is 6.06. The Labute approximate surface area is 144 Å². The molecule has 0 aliphatic carbocycles. The van der Waals surface area contributed by atoms with Crippen molar-refractivity contribution in [3.05, 3.63) is 61.2 Å². The van der Waals surface area contributed by atoms with Gasteiger partial charge in [-0.25, -0.2) is 9.97 Å². The summed E-state index contributed by atoms with van der Waals surface area (Å²) in [6.07, 6.45) is 4.99. The molecule has 0 aliphatic rings. The number of nitrogens with one attached hydrogen (secondary N) is 1. The first-order valence-electron chi connectivity index (χ1n) is 7.78. The highest BCUT2D eigenvalue weighted by atomic mass is 16.3. The van der Waals surface area contributed by atoms with Crippen molar-refractivity contribution < 1.29 is 8.83 Å². The molecule has 0 aliphatic heterocycles. The Balaban J connectivity index is 2.05. The van der Waals surface area contributed by atoms with Crippen molar-refractivity contribution in [2.45, 2.75) is 0 Å². The third-order valence-electron chi connectivity index (χ3n) is 3.89. The maximum absolute atomic E-state index is 6.06. The molecule has 0 saturated carbocycles. The van der Waals surface area contributed by atoms with Gasteiger partial charge in [0, 0.05) is 24.4 Å². The van der Waals surface area contributed by atoms with Gasteiger partial charge in [-0.15, -0.1) is 0 Å². The van der Waals surface area contributed by atoms with Crippen LogP contribution in [0.5, 0.6) is 0 Å². The lowest BCUT2D eigenvalue weighted by atomic mass is 9.96. The van der Waals surface area contributed by atoms with Gasteiger partial charge >= 0.3 is 0 Å². The Morgan fingerprint density at radius 1 is 1.00 bits per heavy atom. The van der Waals surface area contributed by atoms with E-state index in [9.17, 15) is 0 Å². The number of hydrogen-bond acceptors (Lipinski definition) is 6. The van der Waals surface area contributed by atoms with Crippen molar-refractivity contribution in [2.24, 2.45) is 0 Å². The summed E-state index contributed by atoms with van der Waals surface area (Å²) in [7, 11) is 1.83. The third kappa shape index (κ3) is 2.74. The monoisotopic (exact) mass is 332 g/mol. The van der Waals surface area contributed by atoms with Crippen LogP contribution in [0.1, 0.15) is 0 Å². The zero-order valence-corrected chi connectivity index (χ0v) is 13.6. The molecular formula is C19H16N4O2. The summed E-state index contributed by atoms with van der Waals surface area (Å²) in [6.45, 7) is 0. The topological polar surface area (TPSA) is 90.1 Å². The van der Waals surface area contributed by atoms with Crippen molar-refractivity contribution in [1.29, 1.82) is 0 Å². The minimum atomic E-state index is 0.393. The number of nitrogens with zero attached hydrogens (tertiary/aromatic N) is 2. The van der Waals surface area contributed by atoms with Gasteiger partial charge in [-0.3, -0.25) is 0 Å². The lowest BCUT2D eigenvalue weighted by molar-refractivity contribution is 0.579. The average molecular weight is 332 g/mol. The number of hydrogen-bond donors (Lipinski definition) is 2. The van der Waals surface area contributed by atoms with E-state index in [0.717, 1.165) is 22.5 Å². The van der Waals surface area contributed by atoms with Crippen molar-refractivity contribution >= 4 is 11.6 Å². The minimum absolute atomic E-state index is 0.393. The molecule has 0 aromatic carbocycles. The quantitative estimate of drug-likeness (QED) is 0.579. The van der Waals surface area contributed by atoms with Crippen LogP contribution in [0.4, 0.5) is 11.6 Å². The molecular weight excluding hydrogens is 316 g/mol. The summed E-state index contributed by atoms with van der Waals surface area (Å²) in [5.74, 6) is 2.49. The van der Waals surface area contributed by atoms with E-state index in [0.29, 0.717) is 23.0 Å². The summed E-state index contributed by atoms with van der Waals surface area (Å²) < 4.78 is 11.2. The summed E-state index contributed by atoms with van der Waals surface area (Å²) in [5, 5.41) is 3.05. The lowest BCUT2D eigenvalue weighted by Gasteiger charge is -2.14. The van der Waals surface area contributed by atoms with Gasteiger partial charge in [-0.05, 0) is 48.0 Å². The van der Waals surface area contributed by atoms with Crippen molar-refractivity contribution in [3.8, 4) is 33.9 Å². The van der Waals surface area contributed by atoms with E-state index in [1.165, 1.54) is 0 Å². The van der Waals surface area contributed by atoms with Crippen LogP contribution in [-0.4, -0.2) is 17.0 Å². The highest BCUT2D eigenvalue weighted by Crippen LogP contribution is 2.40. The Bertz CT molecular complexity index is 937. The van der Waals surface area contributed by atoms with Gasteiger partial charge < -0.3 is 19.9 Å². The number of aromatic nitrogens is 2. The Morgan fingerprint density at radius 2 is 1.76 bits per heavy atom. The van der Waals surface area contributed by atoms with E-state index >= 15 is 0 Å². The van der Waals surface area contributed by atoms with Crippen LogP contribution >= 0.6 is 0 Å². The van der Waals surface area contributed by atoms with Crippen LogP contribution in [0, 0.1) is 0 Å². The molecule has 0 unspecified atom stereocenters. The van der Waals surface area contributed by atoms with Crippen LogP contribution in [0.2, 0.25) is 0 Å². The number of anilines is 2. The van der Waals surface area contributed by atoms with Gasteiger partial charge in [0.2, 0.25) is 0 Å². The third-order valence-corrected chi connectivity index (χ3v) is 3.89. The molecule has 4 rings (SSSR count). The molecule has 0 atom stereocenters. The van der Waals surface area contributed by atoms with Gasteiger partial charge in [0.1, 0.15) is 23.1 Å². The maximum Gasteiger partial charge on any atom is 0.152 e. The molecule has 6 heteroatoms. The number of nitrogen functional groups attached to an aromatic ring is 1. The molecule has 0 radical (unpaired) electrons. The second-order valence-electron chi connectivity index (χ2n) is 5.45. The van der Waals surface area contributed by atoms with Crippen molar-refractivity contribution in [2.75, 3.05) is 18.1 Å². The summed E-state index contributed by atoms with van der Waals surface area (Å²) in [6, 6.07) is 13.1. The van der Waals surface area contributed by atoms with Crippen LogP contribution in [0.25, 0.3) is 33.9 Å². The molecule has 0 fully saturated rings. The van der Waals surface area contributed by atoms with Crippen molar-refractivity contribution in [3.63, 3.8) is 0 Å². The molecule has 4 aromatic rings. The van der Waals surface area contributed by atoms with Crippen LogP contribution in [0.3, 0.4) is 0 Å². The van der Waals surface area contributed by atoms with Crippen LogP contribution < -0.4 is 11.1 Å². The van der Waals surface area contributed by atoms with E-state index in [2.05, 4.69) is 15.3 Å². The summed E-state index contributed by atoms with van der Waals surface area (Å²) >= 11 is 0. The molecule has 0 spiro atoms. The fourth-order valence-electron chi connectivity index (χ4n) is 2.80. The molecule has 0 bridgehead atoms. The van der Waals surface area contributed by atoms with Gasteiger partial charge in [0.25, 0.3) is 0 Å². The van der Waals surface area contributed by atoms with Gasteiger partial charge in [0.05, 0.1) is 12.5 Å². The number of nitrogens with two attached hydrogens (primary N) is 1. The lowest BCUT2D eigenvalue weighted by Crippen LogP contribution is -1.99. The van der Waals surface area contributed by atoms with Crippen molar-refractivity contribution in [1.82, 2.24) is 9.97 Å². The van der Waals surface area contributed by atoms with E-state index < -0.39 is 0 Å². The summed E-state index contributed by atoms with van der Waals surface area (Å²) in [4.78, 5) is 8.80. The highest BCUT2D eigenvalue weighted by Gasteiger charge is 2.20. The van der Waals surface area contributed by atoms with Gasteiger partial charge in [-0.2, -0.15) is 0 Å². The second kappa shape index (κ2) is 6.16. The molecule has 0 amide bonds. The Morgan fingerprint density at radius 3 is 2.44 bits per heavy atom. The normalized spacial score (nSPS) is 10.8. The first kappa shape index (κ1) is 15.0. The fourth-order valence-corrected chi connectivity index (χ4v) is 2.80. The largest absolute Gasteiger partial charge is 0.464 e. The van der Waals surface area contributed by atoms with Crippen LogP contribution in [-0.2, 0) is 0 Å². The molecule has 4 heterocycles. The zero-order chi connectivity index (χ0) is 17.2. The average Bonchev–Trinajstić information content (AvgIpc) is 3.34. The fraction of sp³-hybridized carbons (Fsp3) is 0.0526. The number of furan rings is 2. The summed E-state index contributed by atoms with van der Waals surface area (Å²) in [5.41, 5.74) is 9.37. The zero-order valence-electron chi connectivity index (χ0n) is 13.6. The first-order chi connectivity index (χ1) is 12.3. The Kier molecular flexibility index (Phi) is 3.70. The highest BCUT2D eigenvalue weighted by molar-refractivity contribution is 5.92. The smallest absolute Gasteiger partial charge is 0.152 e. The molecule has 0 saturated heterocycles. The second-order valence-corrected chi connectivity index (χ2v) is 5.45. The Hall–Kier alpha value is -3.54. The molecule has 25 heavy (non-hydrogen) atoms. The first-order valence-corrected chi connectivity index (χ1v) is 7.78. The standard InChI is InChI=1S/C19H16N4O2/c1-21-17-10-12(6-7-22-17)18-13(14-4-2-8-24-14)11-16(20)23-19(18)15-5-3-9-25-15/h2-11H,1H3,(H2,20,23)(H,21,22). The molecule has 6 nitrogen and oxygen atoms in total. The number of pyridine rings is 2. The van der Waals surface area contributed by atoms with E-state index in [1.54, 1.807) is 24.8 Å². The SMILES string of the molecule is CNc1cc(-c2c(-c3ccco3)cc(N)nc2-c2ccco2)ccn1. The van der Waals surface area contributed by atoms with Gasteiger partial charge in [-0.1, -0.05) is 0 Å². The van der Waals surface area contributed by atoms with E-state index in [-0.39, 0.29) is 0 Å². The molecule has 4 aromatic heterocycles. The predicted molar refractivity (Wildman–Crippen MR) is 96.8 cm³/mol. The van der Waals surface area contributed by atoms with E-state index in [1.807, 2.05) is 43.4 Å².